The zero-order chi connectivity index (χ0) is 24.8. The SMILES string of the molecule is COc1ccc(-n2c(=O)c3c(=O)n(-c4ccccc4)ncc3c3sc(=S)n(-c4ccccc4)c32)cc1. The summed E-state index contributed by atoms with van der Waals surface area (Å²) in [6, 6.07) is 25.8. The molecule has 176 valence electrons. The number of ether oxygens (including phenoxy) is 1. The van der Waals surface area contributed by atoms with Crippen LogP contribution in [0.5, 0.6) is 5.75 Å². The van der Waals surface area contributed by atoms with Gasteiger partial charge in [0.05, 0.1) is 29.4 Å². The molecule has 0 amide bonds. The van der Waals surface area contributed by atoms with Gasteiger partial charge in [0.25, 0.3) is 11.1 Å². The Morgan fingerprint density at radius 2 is 1.39 bits per heavy atom. The summed E-state index contributed by atoms with van der Waals surface area (Å²) in [7, 11) is 1.58. The van der Waals surface area contributed by atoms with Crippen molar-refractivity contribution in [3.8, 4) is 22.8 Å². The first-order valence-corrected chi connectivity index (χ1v) is 12.3. The Balaban J connectivity index is 1.80. The van der Waals surface area contributed by atoms with Crippen molar-refractivity contribution in [3.63, 3.8) is 0 Å². The summed E-state index contributed by atoms with van der Waals surface area (Å²) < 4.78 is 11.2. The number of aromatic nitrogens is 4. The summed E-state index contributed by atoms with van der Waals surface area (Å²) in [5.74, 6) is 0.657. The van der Waals surface area contributed by atoms with E-state index in [9.17, 15) is 9.59 Å². The van der Waals surface area contributed by atoms with Gasteiger partial charge in [0.15, 0.2) is 3.95 Å². The molecule has 0 N–H and O–H groups in total. The highest BCUT2D eigenvalue weighted by Crippen LogP contribution is 2.32. The third kappa shape index (κ3) is 3.40. The van der Waals surface area contributed by atoms with E-state index < -0.39 is 11.1 Å². The summed E-state index contributed by atoms with van der Waals surface area (Å²) in [6.07, 6.45) is 1.58. The van der Waals surface area contributed by atoms with Crippen LogP contribution in [-0.2, 0) is 0 Å². The molecule has 6 rings (SSSR count). The van der Waals surface area contributed by atoms with Crippen molar-refractivity contribution < 1.29 is 4.74 Å². The number of pyridine rings is 1. The number of hydrogen-bond donors (Lipinski definition) is 0. The van der Waals surface area contributed by atoms with Crippen molar-refractivity contribution in [1.29, 1.82) is 0 Å². The third-order valence-corrected chi connectivity index (χ3v) is 7.38. The van der Waals surface area contributed by atoms with Gasteiger partial charge in [0, 0.05) is 11.1 Å². The van der Waals surface area contributed by atoms with Crippen molar-refractivity contribution in [1.82, 2.24) is 18.9 Å². The second kappa shape index (κ2) is 8.71. The highest BCUT2D eigenvalue weighted by molar-refractivity contribution is 7.73. The predicted octanol–water partition coefficient (Wildman–Crippen LogP) is 5.28. The summed E-state index contributed by atoms with van der Waals surface area (Å²) in [5, 5.41) is 4.93. The van der Waals surface area contributed by atoms with Crippen molar-refractivity contribution in [2.24, 2.45) is 0 Å². The number of para-hydroxylation sites is 2. The fourth-order valence-electron chi connectivity index (χ4n) is 4.31. The first kappa shape index (κ1) is 22.1. The van der Waals surface area contributed by atoms with E-state index in [4.69, 9.17) is 17.0 Å². The van der Waals surface area contributed by atoms with Crippen LogP contribution in [0.1, 0.15) is 0 Å². The van der Waals surface area contributed by atoms with Crippen molar-refractivity contribution in [2.45, 2.75) is 0 Å². The summed E-state index contributed by atoms with van der Waals surface area (Å²) >= 11 is 7.11. The molecular weight excluding hydrogens is 492 g/mol. The van der Waals surface area contributed by atoms with Crippen LogP contribution < -0.4 is 15.9 Å². The lowest BCUT2D eigenvalue weighted by Crippen LogP contribution is -2.30. The number of rotatable bonds is 4. The van der Waals surface area contributed by atoms with Gasteiger partial charge in [-0.05, 0) is 60.7 Å². The first-order valence-electron chi connectivity index (χ1n) is 11.1. The van der Waals surface area contributed by atoms with E-state index in [0.29, 0.717) is 36.8 Å². The molecule has 0 aliphatic heterocycles. The van der Waals surface area contributed by atoms with Gasteiger partial charge in [-0.3, -0.25) is 18.7 Å². The van der Waals surface area contributed by atoms with Gasteiger partial charge >= 0.3 is 0 Å². The first-order chi connectivity index (χ1) is 17.6. The molecule has 36 heavy (non-hydrogen) atoms. The van der Waals surface area contributed by atoms with Crippen molar-refractivity contribution in [2.75, 3.05) is 7.11 Å². The average molecular weight is 511 g/mol. The number of fused-ring (bicyclic) bond motifs is 3. The van der Waals surface area contributed by atoms with Crippen molar-refractivity contribution >= 4 is 44.7 Å². The largest absolute Gasteiger partial charge is 0.497 e. The standard InChI is InChI=1S/C27H18N4O3S2/c1-34-20-14-12-18(13-15-20)29-24-23(36-27(35)30(24)17-8-4-2-5-9-17)21-16-28-31(19-10-6-3-7-11-19)26(33)22(21)25(29)32/h2-16H,1H3. The molecule has 0 fully saturated rings. The van der Waals surface area contributed by atoms with Gasteiger partial charge in [-0.15, -0.1) is 11.3 Å². The van der Waals surface area contributed by atoms with Crippen LogP contribution in [0.4, 0.5) is 0 Å². The topological polar surface area (TPSA) is 71.1 Å². The minimum absolute atomic E-state index is 0.0497. The summed E-state index contributed by atoms with van der Waals surface area (Å²) in [5.41, 5.74) is 1.63. The number of methoxy groups -OCH3 is 1. The van der Waals surface area contributed by atoms with E-state index in [1.165, 1.54) is 16.0 Å². The second-order valence-corrected chi connectivity index (χ2v) is 9.66. The lowest BCUT2D eigenvalue weighted by molar-refractivity contribution is 0.414. The van der Waals surface area contributed by atoms with E-state index >= 15 is 0 Å². The van der Waals surface area contributed by atoms with Gasteiger partial charge in [-0.1, -0.05) is 36.4 Å². The van der Waals surface area contributed by atoms with Crippen LogP contribution in [0, 0.1) is 3.95 Å². The Labute approximate surface area is 213 Å². The minimum Gasteiger partial charge on any atom is -0.497 e. The van der Waals surface area contributed by atoms with Crippen LogP contribution in [0.15, 0.2) is 101 Å². The Morgan fingerprint density at radius 3 is 2.03 bits per heavy atom. The zero-order valence-electron chi connectivity index (χ0n) is 19.0. The van der Waals surface area contributed by atoms with Crippen LogP contribution in [-0.4, -0.2) is 26.0 Å². The fraction of sp³-hybridized carbons (Fsp3) is 0.0370. The molecular formula is C27H18N4O3S2. The summed E-state index contributed by atoms with van der Waals surface area (Å²) in [4.78, 5) is 27.8. The Kier molecular flexibility index (Phi) is 5.36. The van der Waals surface area contributed by atoms with Crippen LogP contribution in [0.3, 0.4) is 0 Å². The number of nitrogens with zero attached hydrogens (tertiary/aromatic N) is 4. The molecule has 0 radical (unpaired) electrons. The van der Waals surface area contributed by atoms with E-state index in [2.05, 4.69) is 5.10 Å². The second-order valence-electron chi connectivity index (χ2n) is 8.02. The van der Waals surface area contributed by atoms with Crippen molar-refractivity contribution in [3.05, 3.63) is 116 Å². The van der Waals surface area contributed by atoms with Gasteiger partial charge in [0.1, 0.15) is 16.8 Å². The van der Waals surface area contributed by atoms with Gasteiger partial charge in [-0.25, -0.2) is 0 Å². The molecule has 0 atom stereocenters. The lowest BCUT2D eigenvalue weighted by atomic mass is 10.2. The Morgan fingerprint density at radius 1 is 0.778 bits per heavy atom. The maximum absolute atomic E-state index is 14.1. The number of hydrogen-bond acceptors (Lipinski definition) is 6. The molecule has 0 saturated heterocycles. The molecule has 0 spiro atoms. The molecule has 0 bridgehead atoms. The lowest BCUT2D eigenvalue weighted by Gasteiger charge is -2.14. The van der Waals surface area contributed by atoms with Crippen LogP contribution in [0.25, 0.3) is 38.2 Å². The number of benzene rings is 3. The third-order valence-electron chi connectivity index (χ3n) is 5.98. The molecule has 0 aliphatic rings. The smallest absolute Gasteiger partial charge is 0.285 e. The molecule has 6 aromatic rings. The number of thiazole rings is 1. The molecule has 0 saturated carbocycles. The van der Waals surface area contributed by atoms with Gasteiger partial charge < -0.3 is 4.74 Å². The molecule has 0 aliphatic carbocycles. The van der Waals surface area contributed by atoms with Gasteiger partial charge in [-0.2, -0.15) is 9.78 Å². The molecule has 7 nitrogen and oxygen atoms in total. The fourth-order valence-corrected chi connectivity index (χ4v) is 5.75. The summed E-state index contributed by atoms with van der Waals surface area (Å²) in [6.45, 7) is 0. The highest BCUT2D eigenvalue weighted by atomic mass is 32.1. The minimum atomic E-state index is -0.488. The molecule has 3 aromatic carbocycles. The van der Waals surface area contributed by atoms with E-state index in [1.54, 1.807) is 54.3 Å². The highest BCUT2D eigenvalue weighted by Gasteiger charge is 2.22. The quantitative estimate of drug-likeness (QED) is 0.302. The molecule has 9 heteroatoms. The Bertz CT molecular complexity index is 1920. The Hall–Kier alpha value is -4.34. The normalized spacial score (nSPS) is 11.2. The predicted molar refractivity (Wildman–Crippen MR) is 145 cm³/mol. The van der Waals surface area contributed by atoms with E-state index in [1.807, 2.05) is 53.1 Å². The monoisotopic (exact) mass is 510 g/mol. The maximum atomic E-state index is 14.1. The maximum Gasteiger partial charge on any atom is 0.285 e. The zero-order valence-corrected chi connectivity index (χ0v) is 20.6. The van der Waals surface area contributed by atoms with E-state index in [-0.39, 0.29) is 5.39 Å². The van der Waals surface area contributed by atoms with Crippen LogP contribution in [0.2, 0.25) is 0 Å². The van der Waals surface area contributed by atoms with E-state index in [0.717, 1.165) is 5.69 Å². The molecule has 3 heterocycles. The van der Waals surface area contributed by atoms with Crippen LogP contribution >= 0.6 is 23.6 Å². The molecule has 0 unspecified atom stereocenters. The molecule has 3 aromatic heterocycles. The average Bonchev–Trinajstić information content (AvgIpc) is 3.26. The van der Waals surface area contributed by atoms with Gasteiger partial charge in [0.2, 0.25) is 0 Å².